The molecule has 7 heteroatoms. The van der Waals surface area contributed by atoms with Crippen LogP contribution in [0.1, 0.15) is 0 Å². The summed E-state index contributed by atoms with van der Waals surface area (Å²) in [5, 5.41) is 6.82. The monoisotopic (exact) mass is 264 g/mol. The molecule has 0 aliphatic carbocycles. The zero-order valence-corrected chi connectivity index (χ0v) is 9.54. The molecule has 0 radical (unpaired) electrons. The molecule has 1 heterocycles. The van der Waals surface area contributed by atoms with Crippen LogP contribution in [-0.2, 0) is 0 Å². The minimum Gasteiger partial charge on any atom is -0.263 e. The number of para-hydroxylation sites is 1. The molecule has 0 spiro atoms. The standard InChI is InChI=1S/C9H10N4S2.Mg.2H/c14-8-6-9(15)12-13(11-8)10-7-4-2-1-3-5-7;;;/h1-6,10-11,14H,(H,12,15);;;. The third kappa shape index (κ3) is 3.82. The zero-order valence-electron chi connectivity index (χ0n) is 7.75. The first-order valence-corrected chi connectivity index (χ1v) is 5.20. The predicted octanol–water partition coefficient (Wildman–Crippen LogP) is 0.932. The summed E-state index contributed by atoms with van der Waals surface area (Å²) in [6.07, 6.45) is 1.72. The van der Waals surface area contributed by atoms with E-state index >= 15 is 0 Å². The van der Waals surface area contributed by atoms with Gasteiger partial charge in [0.2, 0.25) is 0 Å². The van der Waals surface area contributed by atoms with Crippen molar-refractivity contribution in [3.05, 3.63) is 41.4 Å². The molecule has 0 unspecified atom stereocenters. The third-order valence-electron chi connectivity index (χ3n) is 1.70. The fraction of sp³-hybridized carbons (Fsp3) is 0. The van der Waals surface area contributed by atoms with Gasteiger partial charge in [-0.3, -0.25) is 10.9 Å². The van der Waals surface area contributed by atoms with Crippen molar-refractivity contribution < 1.29 is 0 Å². The zero-order chi connectivity index (χ0) is 10.7. The molecule has 0 aromatic heterocycles. The summed E-state index contributed by atoms with van der Waals surface area (Å²) in [5.74, 6) is 0. The molecule has 2 rings (SSSR count). The van der Waals surface area contributed by atoms with Crippen molar-refractivity contribution in [3.8, 4) is 0 Å². The van der Waals surface area contributed by atoms with Crippen molar-refractivity contribution in [2.75, 3.05) is 5.43 Å². The Morgan fingerprint density at radius 1 is 1.19 bits per heavy atom. The lowest BCUT2D eigenvalue weighted by atomic mass is 10.3. The van der Waals surface area contributed by atoms with Gasteiger partial charge in [0.15, 0.2) is 0 Å². The number of rotatable bonds is 2. The molecule has 1 aromatic rings. The van der Waals surface area contributed by atoms with Gasteiger partial charge in [-0.05, 0) is 12.1 Å². The number of anilines is 1. The molecule has 0 saturated heterocycles. The first-order chi connectivity index (χ1) is 7.24. The molecule has 16 heavy (non-hydrogen) atoms. The van der Waals surface area contributed by atoms with Crippen LogP contribution in [0.15, 0.2) is 46.5 Å². The van der Waals surface area contributed by atoms with Crippen LogP contribution in [0.2, 0.25) is 0 Å². The number of hydrazone groups is 1. The van der Waals surface area contributed by atoms with Crippen molar-refractivity contribution in [2.45, 2.75) is 0 Å². The SMILES string of the molecule is SC1=CC(S)=NN(Nc2ccccc2)N1.[MgH2]. The highest BCUT2D eigenvalue weighted by Crippen LogP contribution is 2.11. The summed E-state index contributed by atoms with van der Waals surface area (Å²) in [4.78, 5) is 0. The number of hydrogen-bond acceptors (Lipinski definition) is 5. The lowest BCUT2D eigenvalue weighted by Gasteiger charge is -2.25. The Morgan fingerprint density at radius 3 is 2.50 bits per heavy atom. The third-order valence-corrected chi connectivity index (χ3v) is 2.15. The van der Waals surface area contributed by atoms with Gasteiger partial charge in [0.25, 0.3) is 0 Å². The van der Waals surface area contributed by atoms with Crippen LogP contribution in [0.4, 0.5) is 5.69 Å². The number of hydrogen-bond donors (Lipinski definition) is 4. The maximum Gasteiger partial charge on any atom is 0.316 e. The van der Waals surface area contributed by atoms with Gasteiger partial charge in [-0.2, -0.15) is 0 Å². The van der Waals surface area contributed by atoms with Gasteiger partial charge in [-0.15, -0.1) is 35.6 Å². The van der Waals surface area contributed by atoms with Gasteiger partial charge in [0.05, 0.1) is 10.7 Å². The quantitative estimate of drug-likeness (QED) is 0.475. The molecule has 0 saturated carbocycles. The highest BCUT2D eigenvalue weighted by molar-refractivity contribution is 7.97. The molecule has 0 atom stereocenters. The number of benzene rings is 1. The highest BCUT2D eigenvalue weighted by atomic mass is 32.1. The fourth-order valence-corrected chi connectivity index (χ4v) is 1.64. The number of thiol groups is 2. The first-order valence-electron chi connectivity index (χ1n) is 4.31. The lowest BCUT2D eigenvalue weighted by Crippen LogP contribution is -2.39. The van der Waals surface area contributed by atoms with E-state index in [1.54, 1.807) is 6.08 Å². The summed E-state index contributed by atoms with van der Waals surface area (Å²) < 4.78 is 0. The summed E-state index contributed by atoms with van der Waals surface area (Å²) in [5.41, 5.74) is 6.87. The van der Waals surface area contributed by atoms with Gasteiger partial charge in [0.1, 0.15) is 5.04 Å². The number of hydrazine groups is 2. The normalized spacial score (nSPS) is 14.2. The van der Waals surface area contributed by atoms with E-state index in [0.29, 0.717) is 10.1 Å². The van der Waals surface area contributed by atoms with Crippen LogP contribution in [0, 0.1) is 0 Å². The van der Waals surface area contributed by atoms with Crippen molar-refractivity contribution >= 4 is 59.0 Å². The Morgan fingerprint density at radius 2 is 1.88 bits per heavy atom. The molecule has 4 nitrogen and oxygen atoms in total. The number of nitrogens with one attached hydrogen (secondary N) is 2. The van der Waals surface area contributed by atoms with Gasteiger partial charge in [-0.1, -0.05) is 18.2 Å². The Balaban J connectivity index is 0.00000128. The maximum atomic E-state index is 4.18. The molecule has 0 bridgehead atoms. The van der Waals surface area contributed by atoms with E-state index in [1.807, 2.05) is 30.3 Å². The highest BCUT2D eigenvalue weighted by Gasteiger charge is 2.07. The van der Waals surface area contributed by atoms with Gasteiger partial charge in [0, 0.05) is 6.08 Å². The Bertz CT molecular complexity index is 407. The Hall–Kier alpha value is -0.504. The summed E-state index contributed by atoms with van der Waals surface area (Å²) in [6.45, 7) is 0. The summed E-state index contributed by atoms with van der Waals surface area (Å²) in [7, 11) is 0. The Kier molecular flexibility index (Phi) is 5.33. The second-order valence-electron chi connectivity index (χ2n) is 2.89. The van der Waals surface area contributed by atoms with Crippen molar-refractivity contribution in [1.29, 1.82) is 0 Å². The van der Waals surface area contributed by atoms with Gasteiger partial charge < -0.3 is 0 Å². The molecule has 2 N–H and O–H groups in total. The topological polar surface area (TPSA) is 39.7 Å². The second-order valence-corrected chi connectivity index (χ2v) is 3.83. The summed E-state index contributed by atoms with van der Waals surface area (Å²) >= 11 is 8.33. The smallest absolute Gasteiger partial charge is 0.263 e. The minimum absolute atomic E-state index is 0. The van der Waals surface area contributed by atoms with Crippen molar-refractivity contribution in [1.82, 2.24) is 10.7 Å². The van der Waals surface area contributed by atoms with E-state index in [4.69, 9.17) is 0 Å². The minimum atomic E-state index is 0. The van der Waals surface area contributed by atoms with E-state index in [-0.39, 0.29) is 23.1 Å². The number of nitrogens with zero attached hydrogens (tertiary/aromatic N) is 2. The van der Waals surface area contributed by atoms with Crippen LogP contribution < -0.4 is 10.9 Å². The Labute approximate surface area is 121 Å². The molecule has 0 amide bonds. The molecule has 1 aromatic carbocycles. The molecule has 1 aliphatic heterocycles. The average Bonchev–Trinajstić information content (AvgIpc) is 2.17. The van der Waals surface area contributed by atoms with Gasteiger partial charge >= 0.3 is 23.1 Å². The van der Waals surface area contributed by atoms with Crippen LogP contribution in [0.25, 0.3) is 0 Å². The van der Waals surface area contributed by atoms with E-state index in [2.05, 4.69) is 41.2 Å². The molecule has 0 fully saturated rings. The molecule has 1 aliphatic rings. The molecular formula is C9H12MgN4S2. The lowest BCUT2D eigenvalue weighted by molar-refractivity contribution is 0.281. The fourth-order valence-electron chi connectivity index (χ4n) is 1.11. The van der Waals surface area contributed by atoms with Crippen molar-refractivity contribution in [3.63, 3.8) is 0 Å². The van der Waals surface area contributed by atoms with Crippen molar-refractivity contribution in [2.24, 2.45) is 5.10 Å². The van der Waals surface area contributed by atoms with E-state index in [1.165, 1.54) is 5.23 Å². The second kappa shape index (κ2) is 6.29. The van der Waals surface area contributed by atoms with Gasteiger partial charge in [-0.25, -0.2) is 0 Å². The van der Waals surface area contributed by atoms with E-state index < -0.39 is 0 Å². The van der Waals surface area contributed by atoms with Crippen LogP contribution >= 0.6 is 25.3 Å². The largest absolute Gasteiger partial charge is 0.316 e. The maximum absolute atomic E-state index is 4.18. The molecule has 82 valence electrons. The van der Waals surface area contributed by atoms with Crippen LogP contribution in [-0.4, -0.2) is 33.3 Å². The van der Waals surface area contributed by atoms with Crippen LogP contribution in [0.5, 0.6) is 0 Å². The average molecular weight is 265 g/mol. The predicted molar refractivity (Wildman–Crippen MR) is 77.1 cm³/mol. The van der Waals surface area contributed by atoms with Crippen LogP contribution in [0.3, 0.4) is 0 Å². The summed E-state index contributed by atoms with van der Waals surface area (Å²) in [6, 6.07) is 9.70. The van der Waals surface area contributed by atoms with E-state index in [0.717, 1.165) is 5.69 Å². The molecular weight excluding hydrogens is 253 g/mol. The van der Waals surface area contributed by atoms with E-state index in [9.17, 15) is 0 Å². The first kappa shape index (κ1) is 13.6.